The molecule has 0 bridgehead atoms. The molecule has 0 spiro atoms. The standard InChI is InChI=1S/C27H26N4O3S/c1-15-11-22(25-28-20-10-9-19(34-3)13-21(20)29-25)31(14-15)27(32)23-24(35-26(30-23)16-7-8-16)17-5-4-6-18(12-17)33-2/h4-6,9-10,12-13,16,22H,1,7-8,11,14H2,2-3H3,(H,28,29). The van der Waals surface area contributed by atoms with Crippen LogP contribution in [0.1, 0.15) is 52.5 Å². The third kappa shape index (κ3) is 3.97. The minimum absolute atomic E-state index is 0.0901. The molecule has 1 saturated carbocycles. The van der Waals surface area contributed by atoms with Gasteiger partial charge in [0.05, 0.1) is 41.2 Å². The van der Waals surface area contributed by atoms with Crippen LogP contribution >= 0.6 is 11.3 Å². The summed E-state index contributed by atoms with van der Waals surface area (Å²) in [6, 6.07) is 13.3. The van der Waals surface area contributed by atoms with Gasteiger partial charge in [0.1, 0.15) is 23.0 Å². The zero-order valence-corrected chi connectivity index (χ0v) is 20.5. The summed E-state index contributed by atoms with van der Waals surface area (Å²) in [5, 5.41) is 1.04. The van der Waals surface area contributed by atoms with Gasteiger partial charge in [0, 0.05) is 18.5 Å². The zero-order chi connectivity index (χ0) is 24.1. The number of nitrogens with one attached hydrogen (secondary N) is 1. The van der Waals surface area contributed by atoms with Crippen LogP contribution in [0, 0.1) is 0 Å². The Morgan fingerprint density at radius 3 is 2.69 bits per heavy atom. The molecule has 2 aromatic heterocycles. The molecule has 1 amide bonds. The summed E-state index contributed by atoms with van der Waals surface area (Å²) >= 11 is 1.62. The molecular weight excluding hydrogens is 460 g/mol. The van der Waals surface area contributed by atoms with Crippen LogP contribution in [0.3, 0.4) is 0 Å². The van der Waals surface area contributed by atoms with Gasteiger partial charge in [0.2, 0.25) is 0 Å². The second kappa shape index (κ2) is 8.53. The van der Waals surface area contributed by atoms with Crippen molar-refractivity contribution in [3.63, 3.8) is 0 Å². The van der Waals surface area contributed by atoms with Gasteiger partial charge in [-0.3, -0.25) is 4.79 Å². The molecule has 6 rings (SSSR count). The number of rotatable bonds is 6. The fraction of sp³-hybridized carbons (Fsp3) is 0.296. The van der Waals surface area contributed by atoms with Gasteiger partial charge in [-0.05, 0) is 49.1 Å². The fourth-order valence-corrected chi connectivity index (χ4v) is 5.86. The first kappa shape index (κ1) is 21.9. The number of benzene rings is 2. The van der Waals surface area contributed by atoms with Crippen LogP contribution in [0.5, 0.6) is 11.5 Å². The minimum Gasteiger partial charge on any atom is -0.497 e. The zero-order valence-electron chi connectivity index (χ0n) is 19.7. The largest absolute Gasteiger partial charge is 0.497 e. The third-order valence-electron chi connectivity index (χ3n) is 6.64. The maximum absolute atomic E-state index is 14.0. The Balaban J connectivity index is 1.39. The van der Waals surface area contributed by atoms with E-state index in [0.717, 1.165) is 62.2 Å². The highest BCUT2D eigenvalue weighted by atomic mass is 32.1. The number of nitrogens with zero attached hydrogens (tertiary/aromatic N) is 3. The number of imidazole rings is 1. The number of ether oxygens (including phenoxy) is 2. The van der Waals surface area contributed by atoms with Gasteiger partial charge in [0.25, 0.3) is 5.91 Å². The fourth-order valence-electron chi connectivity index (χ4n) is 4.63. The Bertz CT molecular complexity index is 1450. The molecular formula is C27H26N4O3S. The first-order valence-electron chi connectivity index (χ1n) is 11.7. The van der Waals surface area contributed by atoms with Crippen LogP contribution in [0.25, 0.3) is 21.5 Å². The minimum atomic E-state index is -0.224. The maximum atomic E-state index is 14.0. The van der Waals surface area contributed by atoms with E-state index in [1.165, 1.54) is 0 Å². The molecule has 1 aliphatic carbocycles. The lowest BCUT2D eigenvalue weighted by Gasteiger charge is -2.22. The van der Waals surface area contributed by atoms with Crippen LogP contribution in [0.15, 0.2) is 54.6 Å². The van der Waals surface area contributed by atoms with Crippen molar-refractivity contribution in [1.82, 2.24) is 19.9 Å². The van der Waals surface area contributed by atoms with Crippen LogP contribution in [0.4, 0.5) is 0 Å². The topological polar surface area (TPSA) is 80.3 Å². The average molecular weight is 487 g/mol. The van der Waals surface area contributed by atoms with Crippen LogP contribution < -0.4 is 9.47 Å². The van der Waals surface area contributed by atoms with Gasteiger partial charge in [-0.25, -0.2) is 9.97 Å². The number of carbonyl (C=O) groups excluding carboxylic acids is 1. The van der Waals surface area contributed by atoms with Gasteiger partial charge < -0.3 is 19.4 Å². The Kier molecular flexibility index (Phi) is 5.33. The van der Waals surface area contributed by atoms with E-state index in [0.29, 0.717) is 24.6 Å². The van der Waals surface area contributed by atoms with E-state index < -0.39 is 0 Å². The summed E-state index contributed by atoms with van der Waals surface area (Å²) in [5.41, 5.74) is 4.17. The van der Waals surface area contributed by atoms with Crippen molar-refractivity contribution in [1.29, 1.82) is 0 Å². The third-order valence-corrected chi connectivity index (χ3v) is 7.91. The number of hydrogen-bond donors (Lipinski definition) is 1. The van der Waals surface area contributed by atoms with Gasteiger partial charge in [-0.1, -0.05) is 24.3 Å². The number of aromatic nitrogens is 3. The Hall–Kier alpha value is -3.65. The molecule has 1 atom stereocenters. The number of aromatic amines is 1. The monoisotopic (exact) mass is 486 g/mol. The van der Waals surface area contributed by atoms with Gasteiger partial charge >= 0.3 is 0 Å². The van der Waals surface area contributed by atoms with E-state index in [9.17, 15) is 4.79 Å². The van der Waals surface area contributed by atoms with E-state index in [1.807, 2.05) is 47.4 Å². The Labute approximate surface area is 207 Å². The number of carbonyl (C=O) groups is 1. The number of amides is 1. The van der Waals surface area contributed by atoms with Crippen LogP contribution in [-0.2, 0) is 0 Å². The van der Waals surface area contributed by atoms with Crippen LogP contribution in [0.2, 0.25) is 0 Å². The molecule has 3 heterocycles. The lowest BCUT2D eigenvalue weighted by atomic mass is 10.1. The maximum Gasteiger partial charge on any atom is 0.274 e. The molecule has 1 unspecified atom stereocenters. The first-order chi connectivity index (χ1) is 17.0. The van der Waals surface area contributed by atoms with Crippen molar-refractivity contribution < 1.29 is 14.3 Å². The molecule has 35 heavy (non-hydrogen) atoms. The number of H-pyrrole nitrogens is 1. The Morgan fingerprint density at radius 1 is 1.11 bits per heavy atom. The molecule has 2 aliphatic rings. The molecule has 2 fully saturated rings. The smallest absolute Gasteiger partial charge is 0.274 e. The Morgan fingerprint density at radius 2 is 1.91 bits per heavy atom. The van der Waals surface area contributed by atoms with Crippen molar-refractivity contribution in [2.75, 3.05) is 20.8 Å². The van der Waals surface area contributed by atoms with Crippen molar-refractivity contribution in [3.8, 4) is 21.9 Å². The number of hydrogen-bond acceptors (Lipinski definition) is 6. The summed E-state index contributed by atoms with van der Waals surface area (Å²) < 4.78 is 10.8. The summed E-state index contributed by atoms with van der Waals surface area (Å²) in [6.45, 7) is 4.68. The summed E-state index contributed by atoms with van der Waals surface area (Å²) in [5.74, 6) is 2.64. The van der Waals surface area contributed by atoms with Crippen molar-refractivity contribution in [2.24, 2.45) is 0 Å². The highest BCUT2D eigenvalue weighted by molar-refractivity contribution is 7.15. The number of methoxy groups -OCH3 is 2. The highest BCUT2D eigenvalue weighted by Gasteiger charge is 2.38. The molecule has 178 valence electrons. The molecule has 7 nitrogen and oxygen atoms in total. The predicted octanol–water partition coefficient (Wildman–Crippen LogP) is 5.72. The highest BCUT2D eigenvalue weighted by Crippen LogP contribution is 2.46. The van der Waals surface area contributed by atoms with Gasteiger partial charge in [-0.15, -0.1) is 11.3 Å². The van der Waals surface area contributed by atoms with Crippen molar-refractivity contribution in [3.05, 3.63) is 71.1 Å². The quantitative estimate of drug-likeness (QED) is 0.352. The van der Waals surface area contributed by atoms with Crippen molar-refractivity contribution in [2.45, 2.75) is 31.2 Å². The first-order valence-corrected chi connectivity index (χ1v) is 12.5. The molecule has 0 radical (unpaired) electrons. The number of thiazole rings is 1. The van der Waals surface area contributed by atoms with E-state index in [-0.39, 0.29) is 11.9 Å². The lowest BCUT2D eigenvalue weighted by Crippen LogP contribution is -2.31. The van der Waals surface area contributed by atoms with Crippen LogP contribution in [-0.4, -0.2) is 46.5 Å². The molecule has 2 aromatic carbocycles. The van der Waals surface area contributed by atoms with E-state index >= 15 is 0 Å². The number of likely N-dealkylation sites (tertiary alicyclic amines) is 1. The average Bonchev–Trinajstić information content (AvgIpc) is 3.31. The van der Waals surface area contributed by atoms with Gasteiger partial charge in [0.15, 0.2) is 0 Å². The molecule has 1 saturated heterocycles. The SMILES string of the molecule is C=C1CC(c2nc3ccc(OC)cc3[nH]2)N(C(=O)c2nc(C3CC3)sc2-c2cccc(OC)c2)C1. The normalized spacial score (nSPS) is 17.8. The predicted molar refractivity (Wildman–Crippen MR) is 136 cm³/mol. The second-order valence-corrected chi connectivity index (χ2v) is 10.2. The van der Waals surface area contributed by atoms with E-state index in [1.54, 1.807) is 25.6 Å². The van der Waals surface area contributed by atoms with E-state index in [2.05, 4.69) is 11.6 Å². The summed E-state index contributed by atoms with van der Waals surface area (Å²) in [7, 11) is 3.29. The summed E-state index contributed by atoms with van der Waals surface area (Å²) in [6.07, 6.45) is 2.92. The van der Waals surface area contributed by atoms with Gasteiger partial charge in [-0.2, -0.15) is 0 Å². The second-order valence-electron chi connectivity index (χ2n) is 9.14. The molecule has 1 N–H and O–H groups in total. The lowest BCUT2D eigenvalue weighted by molar-refractivity contribution is 0.0728. The van der Waals surface area contributed by atoms with Crippen molar-refractivity contribution >= 4 is 28.3 Å². The summed E-state index contributed by atoms with van der Waals surface area (Å²) in [4.78, 5) is 29.9. The number of fused-ring (bicyclic) bond motifs is 1. The molecule has 4 aromatic rings. The van der Waals surface area contributed by atoms with E-state index in [4.69, 9.17) is 19.4 Å². The molecule has 8 heteroatoms. The molecule has 1 aliphatic heterocycles.